The van der Waals surface area contributed by atoms with E-state index in [2.05, 4.69) is 12.1 Å². The molecule has 0 fully saturated rings. The van der Waals surface area contributed by atoms with Crippen LogP contribution in [0.15, 0.2) is 24.3 Å². The van der Waals surface area contributed by atoms with Crippen LogP contribution in [0.3, 0.4) is 0 Å². The highest BCUT2D eigenvalue weighted by atomic mass is 16.3. The summed E-state index contributed by atoms with van der Waals surface area (Å²) >= 11 is 0. The van der Waals surface area contributed by atoms with E-state index >= 15 is 0 Å². The maximum absolute atomic E-state index is 9.25. The molecule has 1 aromatic rings. The zero-order chi connectivity index (χ0) is 6.97. The molecule has 1 atom stereocenters. The van der Waals surface area contributed by atoms with Gasteiger partial charge in [-0.15, -0.1) is 0 Å². The van der Waals surface area contributed by atoms with Gasteiger partial charge in [0.2, 0.25) is 0 Å². The second-order valence-electron chi connectivity index (χ2n) is 2.83. The molecule has 0 saturated heterocycles. The van der Waals surface area contributed by atoms with E-state index in [0.29, 0.717) is 0 Å². The molecule has 1 heterocycles. The van der Waals surface area contributed by atoms with Crippen LogP contribution in [0.25, 0.3) is 0 Å². The molecule has 1 aliphatic rings. The molecule has 1 aliphatic heterocycles. The van der Waals surface area contributed by atoms with Gasteiger partial charge in [-0.2, -0.15) is 0 Å². The Labute approximate surface area is 60.9 Å². The van der Waals surface area contributed by atoms with E-state index in [1.807, 2.05) is 12.1 Å². The van der Waals surface area contributed by atoms with Gasteiger partial charge in [0, 0.05) is 6.00 Å². The van der Waals surface area contributed by atoms with Gasteiger partial charge < -0.3 is 5.11 Å². The highest BCUT2D eigenvalue weighted by Crippen LogP contribution is 2.06. The van der Waals surface area contributed by atoms with Gasteiger partial charge in [0.25, 0.3) is 0 Å². The summed E-state index contributed by atoms with van der Waals surface area (Å²) in [5.41, 5.74) is 2.63. The van der Waals surface area contributed by atoms with Gasteiger partial charge in [-0.1, -0.05) is 35.3 Å². The minimum Gasteiger partial charge on any atom is -0.401 e. The normalized spacial score (nSPS) is 21.9. The standard InChI is InChI=1S/C8H9BO/c10-8-5-6-3-1-2-4-7(6)9-8/h1-4,8-10H,5H2. The molecule has 10 heavy (non-hydrogen) atoms. The van der Waals surface area contributed by atoms with E-state index in [1.165, 1.54) is 11.0 Å². The van der Waals surface area contributed by atoms with Crippen molar-refractivity contribution in [1.82, 2.24) is 0 Å². The number of fused-ring (bicyclic) bond motifs is 1. The molecule has 0 amide bonds. The van der Waals surface area contributed by atoms with E-state index in [0.717, 1.165) is 13.7 Å². The van der Waals surface area contributed by atoms with Crippen LogP contribution >= 0.6 is 0 Å². The first-order chi connectivity index (χ1) is 4.86. The third-order valence-electron chi connectivity index (χ3n) is 2.03. The summed E-state index contributed by atoms with van der Waals surface area (Å²) in [4.78, 5) is 0. The monoisotopic (exact) mass is 132 g/mol. The van der Waals surface area contributed by atoms with Crippen LogP contribution in [0.2, 0.25) is 0 Å². The van der Waals surface area contributed by atoms with Gasteiger partial charge in [-0.05, 0) is 6.42 Å². The molecule has 2 rings (SSSR count). The Balaban J connectivity index is 2.42. The second-order valence-corrected chi connectivity index (χ2v) is 2.83. The lowest BCUT2D eigenvalue weighted by Gasteiger charge is -1.94. The predicted octanol–water partition coefficient (Wildman–Crippen LogP) is -0.377. The molecule has 2 heteroatoms. The fourth-order valence-electron chi connectivity index (χ4n) is 1.54. The summed E-state index contributed by atoms with van der Waals surface area (Å²) in [6.07, 6.45) is 0.843. The molecular weight excluding hydrogens is 123 g/mol. The largest absolute Gasteiger partial charge is 0.401 e. The van der Waals surface area contributed by atoms with Crippen LogP contribution < -0.4 is 5.46 Å². The van der Waals surface area contributed by atoms with Crippen molar-refractivity contribution >= 4 is 12.7 Å². The quantitative estimate of drug-likeness (QED) is 0.477. The lowest BCUT2D eigenvalue weighted by molar-refractivity contribution is 0.258. The number of aliphatic hydroxyl groups excluding tert-OH is 1. The fourth-order valence-corrected chi connectivity index (χ4v) is 1.54. The molecule has 0 spiro atoms. The molecule has 1 aromatic carbocycles. The van der Waals surface area contributed by atoms with Crippen LogP contribution in [0.5, 0.6) is 0 Å². The number of hydrogen-bond donors (Lipinski definition) is 1. The molecule has 1 nitrogen and oxygen atoms in total. The lowest BCUT2D eigenvalue weighted by Crippen LogP contribution is -2.19. The Morgan fingerprint density at radius 1 is 1.40 bits per heavy atom. The molecule has 0 radical (unpaired) electrons. The predicted molar refractivity (Wildman–Crippen MR) is 42.9 cm³/mol. The van der Waals surface area contributed by atoms with E-state index in [-0.39, 0.29) is 6.00 Å². The van der Waals surface area contributed by atoms with E-state index in [1.54, 1.807) is 0 Å². The van der Waals surface area contributed by atoms with E-state index < -0.39 is 0 Å². The van der Waals surface area contributed by atoms with Gasteiger partial charge >= 0.3 is 0 Å². The Hall–Kier alpha value is -0.755. The van der Waals surface area contributed by atoms with Gasteiger partial charge in [0.15, 0.2) is 7.28 Å². The van der Waals surface area contributed by atoms with Crippen molar-refractivity contribution in [3.63, 3.8) is 0 Å². The maximum Gasteiger partial charge on any atom is 0.193 e. The van der Waals surface area contributed by atoms with Crippen molar-refractivity contribution in [2.24, 2.45) is 0 Å². The van der Waals surface area contributed by atoms with Crippen molar-refractivity contribution in [3.8, 4) is 0 Å². The Morgan fingerprint density at radius 2 is 2.20 bits per heavy atom. The molecule has 1 N–H and O–H groups in total. The van der Waals surface area contributed by atoms with Crippen LogP contribution in [0.1, 0.15) is 5.56 Å². The fraction of sp³-hybridized carbons (Fsp3) is 0.250. The molecule has 1 unspecified atom stereocenters. The molecule has 0 aliphatic carbocycles. The molecular formula is C8H9BO. The first-order valence-corrected chi connectivity index (χ1v) is 3.61. The van der Waals surface area contributed by atoms with Gasteiger partial charge in [-0.3, -0.25) is 0 Å². The summed E-state index contributed by atoms with van der Waals surface area (Å²) in [5, 5.41) is 9.25. The Kier molecular flexibility index (Phi) is 1.28. The average molecular weight is 132 g/mol. The number of benzene rings is 1. The Bertz CT molecular complexity index is 222. The summed E-state index contributed by atoms with van der Waals surface area (Å²) in [7, 11) is 0.843. The molecule has 0 bridgehead atoms. The highest BCUT2D eigenvalue weighted by Gasteiger charge is 2.19. The number of aliphatic hydroxyl groups is 1. The average Bonchev–Trinajstić information content (AvgIpc) is 2.27. The highest BCUT2D eigenvalue weighted by molar-refractivity contribution is 6.56. The smallest absolute Gasteiger partial charge is 0.193 e. The van der Waals surface area contributed by atoms with Gasteiger partial charge in [-0.25, -0.2) is 0 Å². The third-order valence-corrected chi connectivity index (χ3v) is 2.03. The van der Waals surface area contributed by atoms with Gasteiger partial charge in [0.05, 0.1) is 0 Å². The molecule has 50 valence electrons. The number of hydrogen-bond acceptors (Lipinski definition) is 1. The zero-order valence-electron chi connectivity index (χ0n) is 5.75. The maximum atomic E-state index is 9.25. The summed E-state index contributed by atoms with van der Waals surface area (Å²) in [6.45, 7) is 0. The first-order valence-electron chi connectivity index (χ1n) is 3.61. The van der Waals surface area contributed by atoms with Crippen molar-refractivity contribution in [3.05, 3.63) is 29.8 Å². The summed E-state index contributed by atoms with van der Waals surface area (Å²) in [6, 6.07) is 8.10. The van der Waals surface area contributed by atoms with Crippen molar-refractivity contribution in [1.29, 1.82) is 0 Å². The zero-order valence-corrected chi connectivity index (χ0v) is 5.75. The molecule has 0 aromatic heterocycles. The SMILES string of the molecule is OC1Bc2ccccc2C1. The minimum absolute atomic E-state index is 0.127. The first kappa shape index (κ1) is 5.99. The molecule has 0 saturated carbocycles. The lowest BCUT2D eigenvalue weighted by atomic mass is 9.70. The number of rotatable bonds is 0. The van der Waals surface area contributed by atoms with Gasteiger partial charge in [0.1, 0.15) is 0 Å². The topological polar surface area (TPSA) is 20.2 Å². The van der Waals surface area contributed by atoms with Crippen LogP contribution in [0, 0.1) is 0 Å². The second kappa shape index (κ2) is 2.13. The van der Waals surface area contributed by atoms with Crippen molar-refractivity contribution in [2.45, 2.75) is 12.4 Å². The summed E-state index contributed by atoms with van der Waals surface area (Å²) in [5.74, 6) is 0. The third kappa shape index (κ3) is 0.849. The van der Waals surface area contributed by atoms with E-state index in [4.69, 9.17) is 0 Å². The van der Waals surface area contributed by atoms with Crippen LogP contribution in [-0.2, 0) is 6.42 Å². The van der Waals surface area contributed by atoms with Crippen LogP contribution in [0.4, 0.5) is 0 Å². The Morgan fingerprint density at radius 3 is 3.00 bits per heavy atom. The minimum atomic E-state index is -0.127. The van der Waals surface area contributed by atoms with Crippen LogP contribution in [-0.4, -0.2) is 18.4 Å². The van der Waals surface area contributed by atoms with Crippen molar-refractivity contribution < 1.29 is 5.11 Å². The van der Waals surface area contributed by atoms with Crippen molar-refractivity contribution in [2.75, 3.05) is 0 Å². The van der Waals surface area contributed by atoms with E-state index in [9.17, 15) is 5.11 Å². The summed E-state index contributed by atoms with van der Waals surface area (Å²) < 4.78 is 0.